The van der Waals surface area contributed by atoms with E-state index < -0.39 is 11.6 Å². The van der Waals surface area contributed by atoms with E-state index in [0.29, 0.717) is 0 Å². The molecule has 1 saturated heterocycles. The molecule has 3 nitrogen and oxygen atoms in total. The number of ether oxygens (including phenoxy) is 1. The Hall–Kier alpha value is -0.640. The zero-order valence-electron chi connectivity index (χ0n) is 8.97. The van der Waals surface area contributed by atoms with Gasteiger partial charge in [-0.25, -0.2) is 4.39 Å². The molecule has 0 bridgehead atoms. The summed E-state index contributed by atoms with van der Waals surface area (Å²) < 4.78 is 18.6. The maximum atomic E-state index is 13.2. The Bertz CT molecular complexity index is 207. The summed E-state index contributed by atoms with van der Waals surface area (Å²) in [6, 6.07) is -0.111. The van der Waals surface area contributed by atoms with Gasteiger partial charge >= 0.3 is 0 Å². The molecule has 1 aliphatic rings. The molecule has 0 spiro atoms. The van der Waals surface area contributed by atoms with Crippen LogP contribution in [0.25, 0.3) is 0 Å². The van der Waals surface area contributed by atoms with Crippen molar-refractivity contribution in [2.75, 3.05) is 6.61 Å². The van der Waals surface area contributed by atoms with Crippen molar-refractivity contribution in [3.63, 3.8) is 0 Å². The lowest BCUT2D eigenvalue weighted by Gasteiger charge is -2.23. The highest BCUT2D eigenvalue weighted by atomic mass is 19.1. The summed E-state index contributed by atoms with van der Waals surface area (Å²) in [6.45, 7) is 5.10. The zero-order chi connectivity index (χ0) is 10.8. The SMILES string of the molecule is CC(NC(=O)C(C)(C)F)C1CCCO1. The molecule has 2 atom stereocenters. The van der Waals surface area contributed by atoms with Crippen molar-refractivity contribution < 1.29 is 13.9 Å². The van der Waals surface area contributed by atoms with Gasteiger partial charge in [-0.05, 0) is 33.6 Å². The number of halogens is 1. The smallest absolute Gasteiger partial charge is 0.257 e. The van der Waals surface area contributed by atoms with E-state index in [-0.39, 0.29) is 12.1 Å². The van der Waals surface area contributed by atoms with E-state index in [1.165, 1.54) is 13.8 Å². The highest BCUT2D eigenvalue weighted by molar-refractivity contribution is 5.84. The Morgan fingerprint density at radius 3 is 2.71 bits per heavy atom. The van der Waals surface area contributed by atoms with Crippen LogP contribution in [0.3, 0.4) is 0 Å². The van der Waals surface area contributed by atoms with Crippen molar-refractivity contribution in [3.8, 4) is 0 Å². The van der Waals surface area contributed by atoms with Gasteiger partial charge in [-0.3, -0.25) is 4.79 Å². The monoisotopic (exact) mass is 203 g/mol. The highest BCUT2D eigenvalue weighted by Crippen LogP contribution is 2.16. The Balaban J connectivity index is 2.39. The third-order valence-corrected chi connectivity index (χ3v) is 2.42. The maximum Gasteiger partial charge on any atom is 0.257 e. The number of carbonyl (C=O) groups excluding carboxylic acids is 1. The standard InChI is InChI=1S/C10H18FNO2/c1-7(8-5-4-6-14-8)12-9(13)10(2,3)11/h7-8H,4-6H2,1-3H3,(H,12,13). The Morgan fingerprint density at radius 2 is 2.29 bits per heavy atom. The second-order valence-corrected chi connectivity index (χ2v) is 4.29. The molecule has 2 unspecified atom stereocenters. The fourth-order valence-electron chi connectivity index (χ4n) is 1.47. The van der Waals surface area contributed by atoms with E-state index in [1.54, 1.807) is 0 Å². The fraction of sp³-hybridized carbons (Fsp3) is 0.900. The molecule has 0 saturated carbocycles. The molecule has 1 N–H and O–H groups in total. The summed E-state index contributed by atoms with van der Waals surface area (Å²) in [4.78, 5) is 11.3. The molecule has 1 heterocycles. The van der Waals surface area contributed by atoms with Crippen molar-refractivity contribution >= 4 is 5.91 Å². The predicted molar refractivity (Wildman–Crippen MR) is 51.8 cm³/mol. The van der Waals surface area contributed by atoms with Crippen LogP contribution in [0.15, 0.2) is 0 Å². The molecule has 1 rings (SSSR count). The molecule has 0 aliphatic carbocycles. The number of hydrogen-bond acceptors (Lipinski definition) is 2. The van der Waals surface area contributed by atoms with E-state index in [0.717, 1.165) is 19.4 Å². The van der Waals surface area contributed by atoms with Gasteiger partial charge in [0, 0.05) is 6.61 Å². The molecule has 0 aromatic rings. The second kappa shape index (κ2) is 4.26. The molecule has 0 aromatic carbocycles. The van der Waals surface area contributed by atoms with Crippen molar-refractivity contribution in [1.82, 2.24) is 5.32 Å². The van der Waals surface area contributed by atoms with Crippen LogP contribution in [-0.2, 0) is 9.53 Å². The van der Waals surface area contributed by atoms with Crippen LogP contribution < -0.4 is 5.32 Å². The lowest BCUT2D eigenvalue weighted by Crippen LogP contribution is -2.47. The molecular weight excluding hydrogens is 185 g/mol. The number of amides is 1. The number of hydrogen-bond donors (Lipinski definition) is 1. The topological polar surface area (TPSA) is 38.3 Å². The number of alkyl halides is 1. The summed E-state index contributed by atoms with van der Waals surface area (Å²) in [5.74, 6) is -0.569. The lowest BCUT2D eigenvalue weighted by molar-refractivity contribution is -0.132. The molecule has 82 valence electrons. The molecule has 4 heteroatoms. The second-order valence-electron chi connectivity index (χ2n) is 4.29. The molecule has 1 amide bonds. The summed E-state index contributed by atoms with van der Waals surface area (Å²) in [5.41, 5.74) is -1.81. The fourth-order valence-corrected chi connectivity index (χ4v) is 1.47. The molecule has 0 aromatic heterocycles. The Morgan fingerprint density at radius 1 is 1.64 bits per heavy atom. The lowest BCUT2D eigenvalue weighted by atomic mass is 10.1. The van der Waals surface area contributed by atoms with E-state index in [1.807, 2.05) is 6.92 Å². The van der Waals surface area contributed by atoms with Crippen LogP contribution in [0.2, 0.25) is 0 Å². The first-order valence-electron chi connectivity index (χ1n) is 5.03. The first-order valence-corrected chi connectivity index (χ1v) is 5.03. The number of rotatable bonds is 3. The van der Waals surface area contributed by atoms with Gasteiger partial charge < -0.3 is 10.1 Å². The van der Waals surface area contributed by atoms with Gasteiger partial charge in [0.05, 0.1) is 12.1 Å². The van der Waals surface area contributed by atoms with Crippen LogP contribution in [0.1, 0.15) is 33.6 Å². The molecule has 14 heavy (non-hydrogen) atoms. The van der Waals surface area contributed by atoms with Crippen molar-refractivity contribution in [2.45, 2.75) is 51.4 Å². The van der Waals surface area contributed by atoms with Crippen LogP contribution in [-0.4, -0.2) is 30.3 Å². The van der Waals surface area contributed by atoms with Crippen LogP contribution in [0, 0.1) is 0 Å². The molecule has 1 fully saturated rings. The number of carbonyl (C=O) groups is 1. The largest absolute Gasteiger partial charge is 0.376 e. The van der Waals surface area contributed by atoms with Crippen molar-refractivity contribution in [2.24, 2.45) is 0 Å². The van der Waals surface area contributed by atoms with Gasteiger partial charge in [-0.1, -0.05) is 0 Å². The Labute approximate surface area is 84.0 Å². The Kier molecular flexibility index (Phi) is 3.48. The average molecular weight is 203 g/mol. The highest BCUT2D eigenvalue weighted by Gasteiger charge is 2.30. The predicted octanol–water partition coefficient (Wildman–Crippen LogP) is 1.42. The normalized spacial score (nSPS) is 24.7. The average Bonchev–Trinajstić information content (AvgIpc) is 2.53. The van der Waals surface area contributed by atoms with Crippen LogP contribution in [0.4, 0.5) is 4.39 Å². The van der Waals surface area contributed by atoms with Gasteiger partial charge in [0.1, 0.15) is 0 Å². The van der Waals surface area contributed by atoms with Crippen molar-refractivity contribution in [3.05, 3.63) is 0 Å². The first-order chi connectivity index (χ1) is 6.41. The molecule has 1 aliphatic heterocycles. The van der Waals surface area contributed by atoms with Gasteiger partial charge in [0.2, 0.25) is 0 Å². The van der Waals surface area contributed by atoms with E-state index >= 15 is 0 Å². The molecule has 0 radical (unpaired) electrons. The van der Waals surface area contributed by atoms with Crippen LogP contribution in [0.5, 0.6) is 0 Å². The van der Waals surface area contributed by atoms with Gasteiger partial charge in [0.25, 0.3) is 5.91 Å². The minimum atomic E-state index is -1.81. The maximum absolute atomic E-state index is 13.2. The van der Waals surface area contributed by atoms with E-state index in [9.17, 15) is 9.18 Å². The summed E-state index contributed by atoms with van der Waals surface area (Å²) in [7, 11) is 0. The molecular formula is C10H18FNO2. The van der Waals surface area contributed by atoms with Crippen molar-refractivity contribution in [1.29, 1.82) is 0 Å². The zero-order valence-corrected chi connectivity index (χ0v) is 8.97. The minimum Gasteiger partial charge on any atom is -0.376 e. The van der Waals surface area contributed by atoms with Gasteiger partial charge in [-0.2, -0.15) is 0 Å². The summed E-state index contributed by atoms with van der Waals surface area (Å²) in [5, 5.41) is 2.62. The first kappa shape index (κ1) is 11.4. The summed E-state index contributed by atoms with van der Waals surface area (Å²) in [6.07, 6.45) is 2.00. The van der Waals surface area contributed by atoms with E-state index in [4.69, 9.17) is 4.74 Å². The van der Waals surface area contributed by atoms with Gasteiger partial charge in [-0.15, -0.1) is 0 Å². The number of nitrogens with one attached hydrogen (secondary N) is 1. The quantitative estimate of drug-likeness (QED) is 0.753. The van der Waals surface area contributed by atoms with Crippen LogP contribution >= 0.6 is 0 Å². The van der Waals surface area contributed by atoms with Gasteiger partial charge in [0.15, 0.2) is 5.67 Å². The van der Waals surface area contributed by atoms with E-state index in [2.05, 4.69) is 5.32 Å². The summed E-state index contributed by atoms with van der Waals surface area (Å²) >= 11 is 0. The third kappa shape index (κ3) is 2.94. The third-order valence-electron chi connectivity index (χ3n) is 2.42. The minimum absolute atomic E-state index is 0.0429.